The van der Waals surface area contributed by atoms with Crippen LogP contribution < -0.4 is 4.74 Å². The highest BCUT2D eigenvalue weighted by Gasteiger charge is 2.36. The van der Waals surface area contributed by atoms with E-state index in [-0.39, 0.29) is 11.0 Å². The normalized spacial score (nSPS) is 16.7. The number of imide groups is 1. The molecular formula is C15H15NO5S. The second-order valence-electron chi connectivity index (χ2n) is 4.90. The van der Waals surface area contributed by atoms with E-state index in [1.54, 1.807) is 30.3 Å². The Morgan fingerprint density at radius 2 is 1.95 bits per heavy atom. The molecule has 0 unspecified atom stereocenters. The summed E-state index contributed by atoms with van der Waals surface area (Å²) in [5.74, 6) is -1.09. The Morgan fingerprint density at radius 1 is 1.32 bits per heavy atom. The fraction of sp³-hybridized carbons (Fsp3) is 0.267. The molecule has 1 aliphatic rings. The summed E-state index contributed by atoms with van der Waals surface area (Å²) in [6, 6.07) is 7.08. The summed E-state index contributed by atoms with van der Waals surface area (Å²) in [7, 11) is 0. The van der Waals surface area contributed by atoms with Crippen molar-refractivity contribution < 1.29 is 24.2 Å². The first kappa shape index (κ1) is 16.1. The summed E-state index contributed by atoms with van der Waals surface area (Å²) in [6.45, 7) is 3.22. The van der Waals surface area contributed by atoms with Crippen molar-refractivity contribution in [3.8, 4) is 5.75 Å². The Bertz CT molecular complexity index is 636. The van der Waals surface area contributed by atoms with Crippen molar-refractivity contribution in [1.82, 2.24) is 4.90 Å². The van der Waals surface area contributed by atoms with Crippen molar-refractivity contribution in [1.29, 1.82) is 0 Å². The number of hydrogen-bond acceptors (Lipinski definition) is 5. The Balaban J connectivity index is 2.14. The maximum absolute atomic E-state index is 12.0. The standard InChI is InChI=1S/C15H15NO5S/c1-9(2)21-11-5-3-10(4-6-11)7-12-14(19)16(8-13(17)18)15(20)22-12/h3-7,9H,8H2,1-2H3,(H,17,18)/b12-7+. The zero-order valence-corrected chi connectivity index (χ0v) is 12.9. The fourth-order valence-corrected chi connectivity index (χ4v) is 2.68. The third-order valence-electron chi connectivity index (χ3n) is 2.72. The van der Waals surface area contributed by atoms with Crippen molar-refractivity contribution in [3.05, 3.63) is 34.7 Å². The Labute approximate surface area is 131 Å². The van der Waals surface area contributed by atoms with Crippen molar-refractivity contribution in [2.45, 2.75) is 20.0 Å². The van der Waals surface area contributed by atoms with Gasteiger partial charge in [-0.25, -0.2) is 0 Å². The van der Waals surface area contributed by atoms with Gasteiger partial charge in [-0.2, -0.15) is 0 Å². The Hall–Kier alpha value is -2.28. The molecule has 0 aromatic heterocycles. The molecule has 2 rings (SSSR count). The summed E-state index contributed by atoms with van der Waals surface area (Å²) in [4.78, 5) is 35.2. The SMILES string of the molecule is CC(C)Oc1ccc(/C=C2/SC(=O)N(CC(=O)O)C2=O)cc1. The lowest BCUT2D eigenvalue weighted by molar-refractivity contribution is -0.140. The number of benzene rings is 1. The largest absolute Gasteiger partial charge is 0.491 e. The van der Waals surface area contributed by atoms with E-state index in [4.69, 9.17) is 9.84 Å². The maximum Gasteiger partial charge on any atom is 0.323 e. The van der Waals surface area contributed by atoms with Crippen LogP contribution in [0.25, 0.3) is 6.08 Å². The number of carbonyl (C=O) groups is 3. The van der Waals surface area contributed by atoms with Crippen LogP contribution in [-0.2, 0) is 9.59 Å². The van der Waals surface area contributed by atoms with Gasteiger partial charge in [-0.1, -0.05) is 12.1 Å². The molecule has 116 valence electrons. The monoisotopic (exact) mass is 321 g/mol. The van der Waals surface area contributed by atoms with E-state index in [0.717, 1.165) is 22.2 Å². The van der Waals surface area contributed by atoms with Gasteiger partial charge in [0.1, 0.15) is 12.3 Å². The number of thioether (sulfide) groups is 1. The predicted octanol–water partition coefficient (Wildman–Crippen LogP) is 2.59. The molecule has 0 atom stereocenters. The number of nitrogens with zero attached hydrogens (tertiary/aromatic N) is 1. The summed E-state index contributed by atoms with van der Waals surface area (Å²) < 4.78 is 5.52. The Morgan fingerprint density at radius 3 is 2.50 bits per heavy atom. The van der Waals surface area contributed by atoms with Gasteiger partial charge in [-0.15, -0.1) is 0 Å². The van der Waals surface area contributed by atoms with E-state index in [2.05, 4.69) is 0 Å². The first-order valence-electron chi connectivity index (χ1n) is 6.60. The molecule has 1 aromatic rings. The van der Waals surface area contributed by atoms with E-state index >= 15 is 0 Å². The van der Waals surface area contributed by atoms with Gasteiger partial charge in [0.15, 0.2) is 0 Å². The van der Waals surface area contributed by atoms with E-state index < -0.39 is 23.7 Å². The third kappa shape index (κ3) is 3.88. The molecule has 0 radical (unpaired) electrons. The van der Waals surface area contributed by atoms with Crippen LogP contribution in [0.4, 0.5) is 4.79 Å². The lowest BCUT2D eigenvalue weighted by Crippen LogP contribution is -2.33. The molecule has 0 aliphatic carbocycles. The number of rotatable bonds is 5. The topological polar surface area (TPSA) is 83.9 Å². The van der Waals surface area contributed by atoms with Crippen LogP contribution >= 0.6 is 11.8 Å². The van der Waals surface area contributed by atoms with Gasteiger partial charge < -0.3 is 9.84 Å². The molecule has 1 aliphatic heterocycles. The van der Waals surface area contributed by atoms with Crippen LogP contribution in [0, 0.1) is 0 Å². The number of ether oxygens (including phenoxy) is 1. The van der Waals surface area contributed by atoms with Crippen LogP contribution in [-0.4, -0.2) is 39.8 Å². The highest BCUT2D eigenvalue weighted by atomic mass is 32.2. The first-order chi connectivity index (χ1) is 10.4. The van der Waals surface area contributed by atoms with Crippen molar-refractivity contribution in [2.24, 2.45) is 0 Å². The van der Waals surface area contributed by atoms with Crippen LogP contribution in [0.1, 0.15) is 19.4 Å². The number of aliphatic carboxylic acids is 1. The lowest BCUT2D eigenvalue weighted by atomic mass is 10.2. The van der Waals surface area contributed by atoms with E-state index in [1.165, 1.54) is 0 Å². The van der Waals surface area contributed by atoms with Crippen LogP contribution in [0.3, 0.4) is 0 Å². The average molecular weight is 321 g/mol. The predicted molar refractivity (Wildman–Crippen MR) is 82.5 cm³/mol. The van der Waals surface area contributed by atoms with E-state index in [1.807, 2.05) is 13.8 Å². The number of hydrogen-bond donors (Lipinski definition) is 1. The molecule has 6 nitrogen and oxygen atoms in total. The number of carbonyl (C=O) groups excluding carboxylic acids is 2. The minimum atomic E-state index is -1.22. The Kier molecular flexibility index (Phi) is 4.87. The molecule has 1 saturated heterocycles. The molecule has 1 N–H and O–H groups in total. The van der Waals surface area contributed by atoms with E-state index in [9.17, 15) is 14.4 Å². The van der Waals surface area contributed by atoms with Gasteiger partial charge in [-0.3, -0.25) is 19.3 Å². The average Bonchev–Trinajstić information content (AvgIpc) is 2.68. The minimum absolute atomic E-state index is 0.0679. The number of carboxylic acid groups (broad SMARTS) is 1. The smallest absolute Gasteiger partial charge is 0.323 e. The molecule has 7 heteroatoms. The van der Waals surface area contributed by atoms with Crippen molar-refractivity contribution in [3.63, 3.8) is 0 Å². The summed E-state index contributed by atoms with van der Waals surface area (Å²) in [5.41, 5.74) is 0.733. The molecule has 1 heterocycles. The molecule has 0 saturated carbocycles. The molecule has 2 amide bonds. The quantitative estimate of drug-likeness (QED) is 0.839. The fourth-order valence-electron chi connectivity index (χ4n) is 1.84. The van der Waals surface area contributed by atoms with Crippen LogP contribution in [0.15, 0.2) is 29.2 Å². The highest BCUT2D eigenvalue weighted by Crippen LogP contribution is 2.32. The zero-order chi connectivity index (χ0) is 16.3. The van der Waals surface area contributed by atoms with E-state index in [0.29, 0.717) is 5.75 Å². The van der Waals surface area contributed by atoms with Gasteiger partial charge in [-0.05, 0) is 49.4 Å². The molecular weight excluding hydrogens is 306 g/mol. The second kappa shape index (κ2) is 6.65. The zero-order valence-electron chi connectivity index (χ0n) is 12.1. The summed E-state index contributed by atoms with van der Waals surface area (Å²) in [5, 5.41) is 8.13. The number of amides is 2. The molecule has 0 spiro atoms. The summed E-state index contributed by atoms with van der Waals surface area (Å²) in [6.07, 6.45) is 1.63. The third-order valence-corrected chi connectivity index (χ3v) is 3.62. The molecule has 0 bridgehead atoms. The minimum Gasteiger partial charge on any atom is -0.491 e. The lowest BCUT2D eigenvalue weighted by Gasteiger charge is -2.09. The highest BCUT2D eigenvalue weighted by molar-refractivity contribution is 8.18. The number of carboxylic acids is 1. The molecule has 1 aromatic carbocycles. The van der Waals surface area contributed by atoms with Gasteiger partial charge in [0, 0.05) is 0 Å². The van der Waals surface area contributed by atoms with Gasteiger partial charge in [0.25, 0.3) is 11.1 Å². The second-order valence-corrected chi connectivity index (χ2v) is 5.89. The van der Waals surface area contributed by atoms with Gasteiger partial charge in [0.05, 0.1) is 11.0 Å². The van der Waals surface area contributed by atoms with Crippen LogP contribution in [0.2, 0.25) is 0 Å². The van der Waals surface area contributed by atoms with Crippen molar-refractivity contribution in [2.75, 3.05) is 6.54 Å². The van der Waals surface area contributed by atoms with Crippen LogP contribution in [0.5, 0.6) is 5.75 Å². The first-order valence-corrected chi connectivity index (χ1v) is 7.42. The molecule has 22 heavy (non-hydrogen) atoms. The van der Waals surface area contributed by atoms with Gasteiger partial charge in [0.2, 0.25) is 0 Å². The molecule has 1 fully saturated rings. The van der Waals surface area contributed by atoms with Crippen molar-refractivity contribution >= 4 is 35.0 Å². The maximum atomic E-state index is 12.0. The summed E-state index contributed by atoms with van der Waals surface area (Å²) >= 11 is 0.737. The van der Waals surface area contributed by atoms with Gasteiger partial charge >= 0.3 is 5.97 Å².